The molecule has 0 bridgehead atoms. The van der Waals surface area contributed by atoms with Gasteiger partial charge in [-0.25, -0.2) is 4.39 Å². The Hall–Kier alpha value is -1.01. The first kappa shape index (κ1) is 18.3. The van der Waals surface area contributed by atoms with Gasteiger partial charge in [0.15, 0.2) is 0 Å². The van der Waals surface area contributed by atoms with Crippen LogP contribution in [0.5, 0.6) is 0 Å². The molecule has 4 nitrogen and oxygen atoms in total. The van der Waals surface area contributed by atoms with Crippen molar-refractivity contribution in [3.63, 3.8) is 0 Å². The molecular weight excluding hydrogens is 295 g/mol. The van der Waals surface area contributed by atoms with Gasteiger partial charge < -0.3 is 20.0 Å². The molecule has 0 saturated carbocycles. The Morgan fingerprint density at radius 1 is 1.22 bits per heavy atom. The van der Waals surface area contributed by atoms with Crippen LogP contribution in [0, 0.1) is 11.7 Å². The molecule has 23 heavy (non-hydrogen) atoms. The third-order valence-corrected chi connectivity index (χ3v) is 4.54. The van der Waals surface area contributed by atoms with Crippen molar-refractivity contribution in [2.24, 2.45) is 5.92 Å². The highest BCUT2D eigenvalue weighted by atomic mass is 19.1. The highest BCUT2D eigenvalue weighted by Crippen LogP contribution is 2.20. The molecule has 2 N–H and O–H groups in total. The molecule has 2 atom stereocenters. The van der Waals surface area contributed by atoms with Gasteiger partial charge in [-0.2, -0.15) is 0 Å². The topological polar surface area (TPSA) is 46.9 Å². The fraction of sp³-hybridized carbons (Fsp3) is 0.667. The van der Waals surface area contributed by atoms with Gasteiger partial charge in [-0.15, -0.1) is 0 Å². The predicted molar refractivity (Wildman–Crippen MR) is 89.7 cm³/mol. The summed E-state index contributed by atoms with van der Waals surface area (Å²) in [6.07, 6.45) is 1.41. The molecule has 2 rings (SSSR count). The first-order valence-corrected chi connectivity index (χ1v) is 8.46. The fourth-order valence-electron chi connectivity index (χ4n) is 3.33. The van der Waals surface area contributed by atoms with Crippen LogP contribution in [0.2, 0.25) is 0 Å². The molecule has 1 aromatic rings. The molecule has 1 aromatic carbocycles. The van der Waals surface area contributed by atoms with Gasteiger partial charge in [-0.05, 0) is 63.5 Å². The summed E-state index contributed by atoms with van der Waals surface area (Å²) < 4.78 is 12.9. The Morgan fingerprint density at radius 3 is 2.39 bits per heavy atom. The number of hydrogen-bond acceptors (Lipinski definition) is 4. The van der Waals surface area contributed by atoms with Crippen molar-refractivity contribution < 1.29 is 14.6 Å². The zero-order valence-corrected chi connectivity index (χ0v) is 14.2. The number of benzene rings is 1. The van der Waals surface area contributed by atoms with Crippen LogP contribution >= 0.6 is 0 Å². The smallest absolute Gasteiger partial charge is 0.123 e. The number of nitrogens with zero attached hydrogens (tertiary/aromatic N) is 2. The maximum absolute atomic E-state index is 12.9. The van der Waals surface area contributed by atoms with Crippen LogP contribution in [0.15, 0.2) is 24.3 Å². The summed E-state index contributed by atoms with van der Waals surface area (Å²) in [5, 5.41) is 19.7. The molecule has 1 fully saturated rings. The van der Waals surface area contributed by atoms with Crippen LogP contribution in [0.25, 0.3) is 0 Å². The van der Waals surface area contributed by atoms with Gasteiger partial charge in [0.25, 0.3) is 0 Å². The lowest BCUT2D eigenvalue weighted by atomic mass is 9.96. The molecule has 1 aliphatic heterocycles. The molecular formula is C18H29FN2O2. The van der Waals surface area contributed by atoms with E-state index in [0.717, 1.165) is 44.6 Å². The predicted octanol–water partition coefficient (Wildman–Crippen LogP) is 1.88. The van der Waals surface area contributed by atoms with E-state index in [1.807, 2.05) is 14.0 Å². The summed E-state index contributed by atoms with van der Waals surface area (Å²) in [7, 11) is 2.02. The molecule has 1 saturated heterocycles. The van der Waals surface area contributed by atoms with Gasteiger partial charge in [0.05, 0.1) is 12.2 Å². The number of likely N-dealkylation sites (tertiary alicyclic amines) is 1. The molecule has 0 unspecified atom stereocenters. The first-order chi connectivity index (χ1) is 10.9. The first-order valence-electron chi connectivity index (χ1n) is 8.46. The average molecular weight is 324 g/mol. The minimum absolute atomic E-state index is 0.264. The summed E-state index contributed by atoms with van der Waals surface area (Å²) in [4.78, 5) is 4.47. The zero-order chi connectivity index (χ0) is 16.8. The lowest BCUT2D eigenvalue weighted by Crippen LogP contribution is -2.41. The van der Waals surface area contributed by atoms with E-state index < -0.39 is 6.10 Å². The third kappa shape index (κ3) is 6.18. The van der Waals surface area contributed by atoms with Crippen LogP contribution < -0.4 is 0 Å². The fourth-order valence-corrected chi connectivity index (χ4v) is 3.33. The molecule has 130 valence electrons. The van der Waals surface area contributed by atoms with E-state index in [4.69, 9.17) is 0 Å². The maximum Gasteiger partial charge on any atom is 0.123 e. The molecule has 0 spiro atoms. The number of hydrogen-bond donors (Lipinski definition) is 2. The van der Waals surface area contributed by atoms with E-state index in [1.54, 1.807) is 12.1 Å². The van der Waals surface area contributed by atoms with E-state index in [2.05, 4.69) is 9.80 Å². The van der Waals surface area contributed by atoms with Crippen LogP contribution in [-0.2, 0) is 0 Å². The van der Waals surface area contributed by atoms with Gasteiger partial charge in [-0.3, -0.25) is 0 Å². The highest BCUT2D eigenvalue weighted by molar-refractivity contribution is 5.18. The quantitative estimate of drug-likeness (QED) is 0.804. The number of halogens is 1. The summed E-state index contributed by atoms with van der Waals surface area (Å²) in [6.45, 7) is 6.16. The van der Waals surface area contributed by atoms with Gasteiger partial charge in [-0.1, -0.05) is 12.1 Å². The van der Waals surface area contributed by atoms with Gasteiger partial charge >= 0.3 is 0 Å². The average Bonchev–Trinajstić information content (AvgIpc) is 2.49. The SMILES string of the molecule is C[C@H](O)CN1CCC(CN(C)C[C@H](O)c2ccc(F)cc2)CC1. The number of rotatable bonds is 7. The second kappa shape index (κ2) is 8.73. The number of aliphatic hydroxyl groups excluding tert-OH is 2. The van der Waals surface area contributed by atoms with Crippen molar-refractivity contribution >= 4 is 0 Å². The van der Waals surface area contributed by atoms with E-state index in [-0.39, 0.29) is 11.9 Å². The van der Waals surface area contributed by atoms with Crippen LogP contribution in [0.3, 0.4) is 0 Å². The van der Waals surface area contributed by atoms with Crippen molar-refractivity contribution in [1.82, 2.24) is 9.80 Å². The van der Waals surface area contributed by atoms with E-state index in [1.165, 1.54) is 12.1 Å². The van der Waals surface area contributed by atoms with Crippen molar-refractivity contribution in [3.05, 3.63) is 35.6 Å². The van der Waals surface area contributed by atoms with E-state index >= 15 is 0 Å². The summed E-state index contributed by atoms with van der Waals surface area (Å²) >= 11 is 0. The molecule has 0 aliphatic carbocycles. The summed E-state index contributed by atoms with van der Waals surface area (Å²) in [5.74, 6) is 0.351. The third-order valence-electron chi connectivity index (χ3n) is 4.54. The van der Waals surface area contributed by atoms with Crippen LogP contribution in [-0.4, -0.2) is 65.9 Å². The highest BCUT2D eigenvalue weighted by Gasteiger charge is 2.22. The molecule has 1 heterocycles. The zero-order valence-electron chi connectivity index (χ0n) is 14.2. The number of β-amino-alcohol motifs (C(OH)–C–C–N with tert-alkyl or cyclic N) is 1. The molecule has 5 heteroatoms. The van der Waals surface area contributed by atoms with Gasteiger partial charge in [0.1, 0.15) is 5.82 Å². The Labute approximate surface area is 138 Å². The monoisotopic (exact) mass is 324 g/mol. The molecule has 0 aromatic heterocycles. The number of likely N-dealkylation sites (N-methyl/N-ethyl adjacent to an activating group) is 1. The van der Waals surface area contributed by atoms with Crippen molar-refractivity contribution in [2.45, 2.75) is 32.0 Å². The Bertz CT molecular complexity index is 459. The molecule has 0 radical (unpaired) electrons. The number of piperidine rings is 1. The van der Waals surface area contributed by atoms with Crippen LogP contribution in [0.4, 0.5) is 4.39 Å². The Kier molecular flexibility index (Phi) is 6.96. The van der Waals surface area contributed by atoms with Gasteiger partial charge in [0.2, 0.25) is 0 Å². The second-order valence-electron chi connectivity index (χ2n) is 6.88. The maximum atomic E-state index is 12.9. The normalized spacial score (nSPS) is 19.9. The number of aliphatic hydroxyl groups is 2. The van der Waals surface area contributed by atoms with Gasteiger partial charge in [0, 0.05) is 19.6 Å². The summed E-state index contributed by atoms with van der Waals surface area (Å²) in [6, 6.07) is 6.05. The molecule has 0 amide bonds. The summed E-state index contributed by atoms with van der Waals surface area (Å²) in [5.41, 5.74) is 0.755. The van der Waals surface area contributed by atoms with Crippen molar-refractivity contribution in [3.8, 4) is 0 Å². The lowest BCUT2D eigenvalue weighted by molar-refractivity contribution is 0.0806. The standard InChI is InChI=1S/C18H29FN2O2/c1-14(22)11-21-9-7-15(8-10-21)12-20(2)13-18(23)16-3-5-17(19)6-4-16/h3-6,14-15,18,22-23H,7-13H2,1-2H3/t14-,18-/m0/s1. The van der Waals surface area contributed by atoms with E-state index in [9.17, 15) is 14.6 Å². The van der Waals surface area contributed by atoms with Crippen LogP contribution in [0.1, 0.15) is 31.4 Å². The van der Waals surface area contributed by atoms with E-state index in [0.29, 0.717) is 12.5 Å². The molecule has 1 aliphatic rings. The second-order valence-corrected chi connectivity index (χ2v) is 6.88. The lowest BCUT2D eigenvalue weighted by Gasteiger charge is -2.34. The van der Waals surface area contributed by atoms with Crippen molar-refractivity contribution in [2.75, 3.05) is 39.8 Å². The Balaban J connectivity index is 1.72. The largest absolute Gasteiger partial charge is 0.392 e. The van der Waals surface area contributed by atoms with Crippen molar-refractivity contribution in [1.29, 1.82) is 0 Å². The Morgan fingerprint density at radius 2 is 1.83 bits per heavy atom. The minimum Gasteiger partial charge on any atom is -0.392 e. The minimum atomic E-state index is -0.587.